The molecule has 1 aromatic rings. The van der Waals surface area contributed by atoms with Gasteiger partial charge in [-0.15, -0.1) is 0 Å². The third kappa shape index (κ3) is 3.48. The van der Waals surface area contributed by atoms with E-state index in [-0.39, 0.29) is 5.91 Å². The Morgan fingerprint density at radius 2 is 1.92 bits per heavy atom. The molecule has 2 atom stereocenters. The lowest BCUT2D eigenvalue weighted by Crippen LogP contribution is -2.39. The van der Waals surface area contributed by atoms with Crippen molar-refractivity contribution in [3.63, 3.8) is 0 Å². The van der Waals surface area contributed by atoms with Crippen LogP contribution in [0.15, 0.2) is 6.20 Å². The monoisotopic (exact) mass is 359 g/mol. The van der Waals surface area contributed by atoms with Crippen molar-refractivity contribution in [1.82, 2.24) is 19.6 Å². The number of rotatable bonds is 2. The van der Waals surface area contributed by atoms with Gasteiger partial charge in [0, 0.05) is 25.7 Å². The summed E-state index contributed by atoms with van der Waals surface area (Å²) in [4.78, 5) is 17.5. The van der Waals surface area contributed by atoms with E-state index in [1.165, 1.54) is 32.1 Å². The highest BCUT2D eigenvalue weighted by Crippen LogP contribution is 2.37. The minimum atomic E-state index is 0.144. The number of anilines is 1. The van der Waals surface area contributed by atoms with Gasteiger partial charge in [-0.2, -0.15) is 5.10 Å². The number of aromatic nitrogens is 2. The second kappa shape index (κ2) is 7.59. The van der Waals surface area contributed by atoms with Gasteiger partial charge < -0.3 is 15.1 Å². The number of carbonyl (C=O) groups excluding carboxylic acids is 1. The van der Waals surface area contributed by atoms with Gasteiger partial charge in [0.15, 0.2) is 0 Å². The summed E-state index contributed by atoms with van der Waals surface area (Å²) in [6.45, 7) is 5.90. The average Bonchev–Trinajstić information content (AvgIpc) is 2.97. The van der Waals surface area contributed by atoms with E-state index in [2.05, 4.69) is 29.3 Å². The number of likely N-dealkylation sites (N-methyl/N-ethyl adjacent to an activating group) is 1. The van der Waals surface area contributed by atoms with E-state index in [1.807, 2.05) is 9.58 Å². The van der Waals surface area contributed by atoms with E-state index in [4.69, 9.17) is 0 Å². The highest BCUT2D eigenvalue weighted by molar-refractivity contribution is 5.99. The molecule has 0 bridgehead atoms. The molecule has 1 aliphatic carbocycles. The third-order valence-electron chi connectivity index (χ3n) is 6.59. The summed E-state index contributed by atoms with van der Waals surface area (Å²) in [7, 11) is 2.13. The fourth-order valence-corrected chi connectivity index (χ4v) is 4.97. The largest absolute Gasteiger partial charge is 0.367 e. The first-order valence-corrected chi connectivity index (χ1v) is 10.5. The van der Waals surface area contributed by atoms with Crippen molar-refractivity contribution >= 4 is 11.7 Å². The Hall–Kier alpha value is -1.56. The fourth-order valence-electron chi connectivity index (χ4n) is 4.97. The average molecular weight is 360 g/mol. The number of fused-ring (bicyclic) bond motifs is 1. The van der Waals surface area contributed by atoms with E-state index in [0.29, 0.717) is 12.1 Å². The van der Waals surface area contributed by atoms with E-state index in [1.54, 1.807) is 6.20 Å². The summed E-state index contributed by atoms with van der Waals surface area (Å²) < 4.78 is 2.04. The predicted octanol–water partition coefficient (Wildman–Crippen LogP) is 2.99. The lowest BCUT2D eigenvalue weighted by atomic mass is 9.81. The first-order valence-electron chi connectivity index (χ1n) is 10.5. The van der Waals surface area contributed by atoms with Crippen molar-refractivity contribution in [1.29, 1.82) is 0 Å². The van der Waals surface area contributed by atoms with Gasteiger partial charge in [-0.05, 0) is 52.1 Å². The van der Waals surface area contributed by atoms with Crippen LogP contribution >= 0.6 is 0 Å². The van der Waals surface area contributed by atoms with Crippen LogP contribution in [0.25, 0.3) is 0 Å². The summed E-state index contributed by atoms with van der Waals surface area (Å²) in [5, 5.41) is 8.30. The molecule has 6 nitrogen and oxygen atoms in total. The molecule has 2 aliphatic heterocycles. The van der Waals surface area contributed by atoms with Crippen LogP contribution < -0.4 is 5.32 Å². The Labute approximate surface area is 156 Å². The fraction of sp³-hybridized carbons (Fsp3) is 0.800. The van der Waals surface area contributed by atoms with Crippen LogP contribution in [-0.4, -0.2) is 64.8 Å². The summed E-state index contributed by atoms with van der Waals surface area (Å²) in [5.41, 5.74) is 0.766. The molecule has 1 amide bonds. The zero-order valence-electron chi connectivity index (χ0n) is 16.3. The number of hydrogen-bond acceptors (Lipinski definition) is 4. The molecule has 4 rings (SSSR count). The molecule has 1 saturated carbocycles. The minimum Gasteiger partial charge on any atom is -0.367 e. The van der Waals surface area contributed by atoms with Crippen molar-refractivity contribution in [3.05, 3.63) is 11.8 Å². The van der Waals surface area contributed by atoms with E-state index >= 15 is 0 Å². The van der Waals surface area contributed by atoms with E-state index < -0.39 is 0 Å². The Kier molecular flexibility index (Phi) is 5.20. The zero-order valence-corrected chi connectivity index (χ0v) is 16.3. The van der Waals surface area contributed by atoms with Gasteiger partial charge >= 0.3 is 0 Å². The molecule has 2 unspecified atom stereocenters. The number of nitrogens with one attached hydrogen (secondary N) is 1. The van der Waals surface area contributed by atoms with E-state index in [9.17, 15) is 4.79 Å². The number of nitrogens with zero attached hydrogens (tertiary/aromatic N) is 4. The smallest absolute Gasteiger partial charge is 0.259 e. The molecular formula is C20H33N5O. The van der Waals surface area contributed by atoms with E-state index in [0.717, 1.165) is 56.3 Å². The molecule has 0 radical (unpaired) electrons. The van der Waals surface area contributed by atoms with Gasteiger partial charge in [0.25, 0.3) is 5.91 Å². The maximum Gasteiger partial charge on any atom is 0.259 e. The lowest BCUT2D eigenvalue weighted by molar-refractivity contribution is 0.0763. The summed E-state index contributed by atoms with van der Waals surface area (Å²) in [6, 6.07) is 0.839. The summed E-state index contributed by atoms with van der Waals surface area (Å²) in [6.07, 6.45) is 10.7. The van der Waals surface area contributed by atoms with Crippen LogP contribution in [0.2, 0.25) is 0 Å². The highest BCUT2D eigenvalue weighted by atomic mass is 16.2. The van der Waals surface area contributed by atoms with Crippen LogP contribution in [0.5, 0.6) is 0 Å². The zero-order chi connectivity index (χ0) is 18.1. The number of carbonyl (C=O) groups is 1. The van der Waals surface area contributed by atoms with Crippen LogP contribution in [0.4, 0.5) is 5.82 Å². The van der Waals surface area contributed by atoms with Crippen LogP contribution in [-0.2, 0) is 0 Å². The molecule has 0 aromatic carbocycles. The Bertz CT molecular complexity index is 636. The van der Waals surface area contributed by atoms with Crippen molar-refractivity contribution in [3.8, 4) is 0 Å². The second-order valence-corrected chi connectivity index (χ2v) is 8.53. The molecule has 2 fully saturated rings. The molecule has 1 saturated heterocycles. The SMILES string of the molecule is CC1CC(C2CCCCC2)Nc2c(C(=O)N3CCCN(C)CC3)cnn21. The van der Waals surface area contributed by atoms with Crippen molar-refractivity contribution in [2.45, 2.75) is 64.0 Å². The first kappa shape index (κ1) is 17.8. The quantitative estimate of drug-likeness (QED) is 0.882. The summed E-state index contributed by atoms with van der Waals surface area (Å²) >= 11 is 0. The van der Waals surface area contributed by atoms with Crippen LogP contribution in [0.3, 0.4) is 0 Å². The molecule has 144 valence electrons. The van der Waals surface area contributed by atoms with Crippen molar-refractivity contribution in [2.75, 3.05) is 38.5 Å². The van der Waals surface area contributed by atoms with Crippen LogP contribution in [0.1, 0.15) is 68.3 Å². The maximum atomic E-state index is 13.2. The Balaban J connectivity index is 1.53. The van der Waals surface area contributed by atoms with Gasteiger partial charge in [-0.3, -0.25) is 4.79 Å². The van der Waals surface area contributed by atoms with Gasteiger partial charge in [-0.1, -0.05) is 19.3 Å². The highest BCUT2D eigenvalue weighted by Gasteiger charge is 2.34. The second-order valence-electron chi connectivity index (χ2n) is 8.53. The lowest BCUT2D eigenvalue weighted by Gasteiger charge is -2.37. The Morgan fingerprint density at radius 3 is 2.73 bits per heavy atom. The normalized spacial score (nSPS) is 28.3. The topological polar surface area (TPSA) is 53.4 Å². The summed E-state index contributed by atoms with van der Waals surface area (Å²) in [5.74, 6) is 1.84. The van der Waals surface area contributed by atoms with Crippen LogP contribution in [0, 0.1) is 5.92 Å². The van der Waals surface area contributed by atoms with Gasteiger partial charge in [0.2, 0.25) is 0 Å². The van der Waals surface area contributed by atoms with Gasteiger partial charge in [-0.25, -0.2) is 4.68 Å². The molecule has 1 N–H and O–H groups in total. The predicted molar refractivity (Wildman–Crippen MR) is 104 cm³/mol. The molecular weight excluding hydrogens is 326 g/mol. The van der Waals surface area contributed by atoms with Gasteiger partial charge in [0.1, 0.15) is 11.4 Å². The Morgan fingerprint density at radius 1 is 1.12 bits per heavy atom. The first-order chi connectivity index (χ1) is 12.6. The molecule has 3 heterocycles. The molecule has 26 heavy (non-hydrogen) atoms. The van der Waals surface area contributed by atoms with Crippen molar-refractivity contribution in [2.24, 2.45) is 5.92 Å². The van der Waals surface area contributed by atoms with Gasteiger partial charge in [0.05, 0.1) is 12.2 Å². The molecule has 3 aliphatic rings. The molecule has 1 aromatic heterocycles. The van der Waals surface area contributed by atoms with Crippen molar-refractivity contribution < 1.29 is 4.79 Å². The standard InChI is InChI=1S/C20H33N5O/c1-15-13-18(16-7-4-3-5-8-16)22-19-17(14-21-25(15)19)20(26)24-10-6-9-23(2)11-12-24/h14-16,18,22H,3-13H2,1-2H3. The number of hydrogen-bond donors (Lipinski definition) is 1. The molecule has 0 spiro atoms. The number of amides is 1. The maximum absolute atomic E-state index is 13.2. The molecule has 6 heteroatoms. The third-order valence-corrected chi connectivity index (χ3v) is 6.59. The minimum absolute atomic E-state index is 0.144.